The van der Waals surface area contributed by atoms with Crippen LogP contribution in [0, 0.1) is 19.8 Å². The van der Waals surface area contributed by atoms with Crippen molar-refractivity contribution in [3.63, 3.8) is 0 Å². The predicted molar refractivity (Wildman–Crippen MR) is 110 cm³/mol. The molecule has 0 radical (unpaired) electrons. The van der Waals surface area contributed by atoms with Gasteiger partial charge in [-0.3, -0.25) is 4.99 Å². The molecule has 1 saturated heterocycles. The summed E-state index contributed by atoms with van der Waals surface area (Å²) >= 11 is 1.75. The van der Waals surface area contributed by atoms with E-state index in [1.807, 2.05) is 7.05 Å². The van der Waals surface area contributed by atoms with Crippen LogP contribution in [-0.2, 0) is 6.54 Å². The van der Waals surface area contributed by atoms with Crippen molar-refractivity contribution in [2.75, 3.05) is 33.7 Å². The number of piperidine rings is 1. The first-order chi connectivity index (χ1) is 10.6. The Kier molecular flexibility index (Phi) is 9.38. The van der Waals surface area contributed by atoms with Crippen LogP contribution in [0.3, 0.4) is 0 Å². The second-order valence-electron chi connectivity index (χ2n) is 6.14. The Balaban J connectivity index is 0.00000264. The molecule has 2 rings (SSSR count). The van der Waals surface area contributed by atoms with Gasteiger partial charge in [0.15, 0.2) is 5.96 Å². The number of hydrogen-bond donors (Lipinski definition) is 2. The lowest BCUT2D eigenvalue weighted by molar-refractivity contribution is 0.213. The van der Waals surface area contributed by atoms with Gasteiger partial charge in [-0.1, -0.05) is 0 Å². The van der Waals surface area contributed by atoms with Gasteiger partial charge in [-0.15, -0.1) is 35.3 Å². The zero-order valence-corrected chi connectivity index (χ0v) is 17.8. The Morgan fingerprint density at radius 2 is 2.00 bits per heavy atom. The van der Waals surface area contributed by atoms with Crippen LogP contribution in [0.15, 0.2) is 4.99 Å². The summed E-state index contributed by atoms with van der Waals surface area (Å²) in [5.41, 5.74) is 1.13. The molecule has 2 N–H and O–H groups in total. The smallest absolute Gasteiger partial charge is 0.191 e. The normalized spacial score (nSPS) is 17.0. The SMILES string of the molecule is CN=C(NCCC1CCN(C)CC1)NCc1nc(C)c(C)s1.I. The Hall–Kier alpha value is -0.410. The van der Waals surface area contributed by atoms with Gasteiger partial charge < -0.3 is 15.5 Å². The van der Waals surface area contributed by atoms with E-state index in [-0.39, 0.29) is 24.0 Å². The number of hydrogen-bond acceptors (Lipinski definition) is 4. The molecule has 23 heavy (non-hydrogen) atoms. The number of thiazole rings is 1. The molecule has 5 nitrogen and oxygen atoms in total. The van der Waals surface area contributed by atoms with Crippen LogP contribution in [0.25, 0.3) is 0 Å². The third-order valence-corrected chi connectivity index (χ3v) is 5.46. The Morgan fingerprint density at radius 3 is 2.57 bits per heavy atom. The first kappa shape index (κ1) is 20.6. The van der Waals surface area contributed by atoms with E-state index in [0.29, 0.717) is 0 Å². The van der Waals surface area contributed by atoms with Crippen LogP contribution in [0.4, 0.5) is 0 Å². The number of guanidine groups is 1. The molecule has 0 aromatic carbocycles. The van der Waals surface area contributed by atoms with Gasteiger partial charge in [0.2, 0.25) is 0 Å². The molecule has 1 aromatic heterocycles. The molecule has 0 unspecified atom stereocenters. The first-order valence-electron chi connectivity index (χ1n) is 8.14. The molecule has 0 amide bonds. The molecule has 1 aliphatic rings. The highest BCUT2D eigenvalue weighted by atomic mass is 127. The van der Waals surface area contributed by atoms with Crippen LogP contribution in [0.5, 0.6) is 0 Å². The van der Waals surface area contributed by atoms with Crippen LogP contribution >= 0.6 is 35.3 Å². The average molecular weight is 451 g/mol. The van der Waals surface area contributed by atoms with Crippen molar-refractivity contribution in [2.45, 2.75) is 39.7 Å². The highest BCUT2D eigenvalue weighted by Gasteiger charge is 2.16. The van der Waals surface area contributed by atoms with E-state index in [9.17, 15) is 0 Å². The third kappa shape index (κ3) is 6.93. The summed E-state index contributed by atoms with van der Waals surface area (Å²) in [6, 6.07) is 0. The number of likely N-dealkylation sites (tertiary alicyclic amines) is 1. The van der Waals surface area contributed by atoms with Crippen molar-refractivity contribution in [2.24, 2.45) is 10.9 Å². The van der Waals surface area contributed by atoms with E-state index in [1.54, 1.807) is 11.3 Å². The molecule has 1 aromatic rings. The lowest BCUT2D eigenvalue weighted by Gasteiger charge is -2.29. The molecular weight excluding hydrogens is 421 g/mol. The minimum Gasteiger partial charge on any atom is -0.356 e. The summed E-state index contributed by atoms with van der Waals surface area (Å²) in [4.78, 5) is 12.5. The van der Waals surface area contributed by atoms with Crippen LogP contribution in [0.1, 0.15) is 34.8 Å². The summed E-state index contributed by atoms with van der Waals surface area (Å²) in [6.45, 7) is 8.38. The molecule has 132 valence electrons. The Bertz CT molecular complexity index is 475. The number of aliphatic imine (C=N–C) groups is 1. The van der Waals surface area contributed by atoms with E-state index in [2.05, 4.69) is 46.4 Å². The van der Waals surface area contributed by atoms with Gasteiger partial charge >= 0.3 is 0 Å². The Morgan fingerprint density at radius 1 is 1.30 bits per heavy atom. The van der Waals surface area contributed by atoms with Crippen LogP contribution < -0.4 is 10.6 Å². The van der Waals surface area contributed by atoms with Gasteiger partial charge in [0, 0.05) is 18.5 Å². The molecule has 2 heterocycles. The third-order valence-electron chi connectivity index (χ3n) is 4.39. The van der Waals surface area contributed by atoms with Gasteiger partial charge in [-0.25, -0.2) is 4.98 Å². The maximum Gasteiger partial charge on any atom is 0.191 e. The zero-order valence-electron chi connectivity index (χ0n) is 14.7. The topological polar surface area (TPSA) is 52.6 Å². The number of nitrogens with zero attached hydrogens (tertiary/aromatic N) is 3. The van der Waals surface area contributed by atoms with Crippen LogP contribution in [-0.4, -0.2) is 49.6 Å². The first-order valence-corrected chi connectivity index (χ1v) is 8.96. The molecule has 0 saturated carbocycles. The highest BCUT2D eigenvalue weighted by Crippen LogP contribution is 2.18. The minimum atomic E-state index is 0. The number of aryl methyl sites for hydroxylation is 2. The van der Waals surface area contributed by atoms with Gasteiger partial charge in [0.1, 0.15) is 5.01 Å². The summed E-state index contributed by atoms with van der Waals surface area (Å²) in [5, 5.41) is 7.89. The second kappa shape index (κ2) is 10.5. The molecule has 7 heteroatoms. The monoisotopic (exact) mass is 451 g/mol. The molecule has 1 fully saturated rings. The van der Waals surface area contributed by atoms with E-state index in [4.69, 9.17) is 0 Å². The fraction of sp³-hybridized carbons (Fsp3) is 0.750. The van der Waals surface area contributed by atoms with Gasteiger partial charge in [0.25, 0.3) is 0 Å². The maximum absolute atomic E-state index is 4.55. The maximum atomic E-state index is 4.55. The fourth-order valence-corrected chi connectivity index (χ4v) is 3.61. The molecule has 0 spiro atoms. The average Bonchev–Trinajstić information content (AvgIpc) is 2.83. The van der Waals surface area contributed by atoms with Crippen molar-refractivity contribution in [1.29, 1.82) is 0 Å². The summed E-state index contributed by atoms with van der Waals surface area (Å²) < 4.78 is 0. The van der Waals surface area contributed by atoms with E-state index in [0.717, 1.165) is 35.7 Å². The van der Waals surface area contributed by atoms with E-state index in [1.165, 1.54) is 37.2 Å². The Labute approximate surface area is 161 Å². The summed E-state index contributed by atoms with van der Waals surface area (Å²) in [6.07, 6.45) is 3.87. The summed E-state index contributed by atoms with van der Waals surface area (Å²) in [5.74, 6) is 1.73. The fourth-order valence-electron chi connectivity index (χ4n) is 2.74. The minimum absolute atomic E-state index is 0. The van der Waals surface area contributed by atoms with E-state index >= 15 is 0 Å². The van der Waals surface area contributed by atoms with Crippen LogP contribution in [0.2, 0.25) is 0 Å². The number of nitrogens with one attached hydrogen (secondary N) is 2. The molecule has 0 atom stereocenters. The van der Waals surface area contributed by atoms with Crippen molar-refractivity contribution in [1.82, 2.24) is 20.5 Å². The highest BCUT2D eigenvalue weighted by molar-refractivity contribution is 14.0. The van der Waals surface area contributed by atoms with Crippen molar-refractivity contribution in [3.8, 4) is 0 Å². The predicted octanol–water partition coefficient (Wildman–Crippen LogP) is 2.77. The molecule has 0 aliphatic carbocycles. The number of aromatic nitrogens is 1. The van der Waals surface area contributed by atoms with Gasteiger partial charge in [-0.2, -0.15) is 0 Å². The lowest BCUT2D eigenvalue weighted by Crippen LogP contribution is -2.38. The van der Waals surface area contributed by atoms with E-state index < -0.39 is 0 Å². The quantitative estimate of drug-likeness (QED) is 0.411. The second-order valence-corrected chi connectivity index (χ2v) is 7.42. The van der Waals surface area contributed by atoms with Crippen molar-refractivity contribution < 1.29 is 0 Å². The standard InChI is InChI=1S/C16H29N5S.HI/c1-12-13(2)22-15(20-12)11-19-16(17-3)18-8-5-14-6-9-21(4)10-7-14;/h14H,5-11H2,1-4H3,(H2,17,18,19);1H. The molecular formula is C16H30IN5S. The molecule has 1 aliphatic heterocycles. The number of rotatable bonds is 5. The number of halogens is 1. The van der Waals surface area contributed by atoms with Gasteiger partial charge in [0.05, 0.1) is 12.2 Å². The summed E-state index contributed by atoms with van der Waals surface area (Å²) in [7, 11) is 4.03. The van der Waals surface area contributed by atoms with Gasteiger partial charge in [-0.05, 0) is 59.2 Å². The zero-order chi connectivity index (χ0) is 15.9. The van der Waals surface area contributed by atoms with Crippen molar-refractivity contribution >= 4 is 41.3 Å². The molecule has 0 bridgehead atoms. The van der Waals surface area contributed by atoms with Crippen molar-refractivity contribution in [3.05, 3.63) is 15.6 Å². The lowest BCUT2D eigenvalue weighted by atomic mass is 9.94. The largest absolute Gasteiger partial charge is 0.356 e.